The number of aromatic nitrogens is 2. The third-order valence-corrected chi connectivity index (χ3v) is 4.61. The van der Waals surface area contributed by atoms with Crippen LogP contribution in [0.5, 0.6) is 0 Å². The number of halogens is 1. The maximum Gasteiger partial charge on any atom is 0.275 e. The van der Waals surface area contributed by atoms with Gasteiger partial charge in [-0.3, -0.25) is 4.79 Å². The molecular weight excluding hydrogens is 340 g/mol. The Morgan fingerprint density at radius 3 is 2.77 bits per heavy atom. The number of hydrogen-bond donors (Lipinski definition) is 2. The molecule has 3 N–H and O–H groups in total. The molecule has 122 valence electrons. The van der Waals surface area contributed by atoms with Crippen LogP contribution in [0.4, 0.5) is 5.00 Å². The Hall–Kier alpha value is -1.02. The minimum absolute atomic E-state index is 0. The van der Waals surface area contributed by atoms with Gasteiger partial charge in [-0.05, 0) is 25.8 Å². The van der Waals surface area contributed by atoms with Gasteiger partial charge in [0, 0.05) is 11.8 Å². The molecule has 8 heteroatoms. The molecule has 2 rings (SSSR count). The van der Waals surface area contributed by atoms with Crippen molar-refractivity contribution in [1.29, 1.82) is 0 Å². The molecule has 1 amide bonds. The first-order valence-electron chi connectivity index (χ1n) is 6.91. The van der Waals surface area contributed by atoms with Gasteiger partial charge in [0.1, 0.15) is 10.7 Å². The molecule has 0 bridgehead atoms. The fraction of sp³-hybridized carbons (Fsp3) is 0.500. The summed E-state index contributed by atoms with van der Waals surface area (Å²) < 4.78 is 0. The summed E-state index contributed by atoms with van der Waals surface area (Å²) in [5, 5.41) is 7.40. The standard InChI is InChI=1S/C14H20N4OS2.ClH/c1-8(2)6-10-14(21-9(3)16-10)18-13(19)11-7-20-12(17-11)4-5-15;/h7-8H,4-6,15H2,1-3H3,(H,18,19);1H. The number of rotatable bonds is 6. The van der Waals surface area contributed by atoms with E-state index in [9.17, 15) is 4.79 Å². The third-order valence-electron chi connectivity index (χ3n) is 2.78. The van der Waals surface area contributed by atoms with Gasteiger partial charge >= 0.3 is 0 Å². The lowest BCUT2D eigenvalue weighted by Crippen LogP contribution is -2.13. The first-order chi connectivity index (χ1) is 9.99. The van der Waals surface area contributed by atoms with Crippen molar-refractivity contribution in [3.8, 4) is 0 Å². The zero-order chi connectivity index (χ0) is 15.4. The summed E-state index contributed by atoms with van der Waals surface area (Å²) in [6.07, 6.45) is 1.56. The number of nitrogens with one attached hydrogen (secondary N) is 1. The van der Waals surface area contributed by atoms with Crippen molar-refractivity contribution in [2.45, 2.75) is 33.6 Å². The molecule has 0 fully saturated rings. The lowest BCUT2D eigenvalue weighted by atomic mass is 10.1. The van der Waals surface area contributed by atoms with Crippen LogP contribution in [-0.4, -0.2) is 22.4 Å². The van der Waals surface area contributed by atoms with E-state index in [0.29, 0.717) is 24.6 Å². The quantitative estimate of drug-likeness (QED) is 0.828. The molecule has 0 atom stereocenters. The summed E-state index contributed by atoms with van der Waals surface area (Å²) in [5.41, 5.74) is 6.90. The Kier molecular flexibility index (Phi) is 7.41. The van der Waals surface area contributed by atoms with Gasteiger partial charge in [-0.25, -0.2) is 9.97 Å². The molecule has 2 aromatic heterocycles. The maximum atomic E-state index is 12.3. The number of anilines is 1. The summed E-state index contributed by atoms with van der Waals surface area (Å²) >= 11 is 2.98. The Labute approximate surface area is 144 Å². The van der Waals surface area contributed by atoms with Crippen molar-refractivity contribution < 1.29 is 4.79 Å². The number of nitrogens with zero attached hydrogens (tertiary/aromatic N) is 2. The van der Waals surface area contributed by atoms with E-state index in [1.54, 1.807) is 5.38 Å². The average molecular weight is 361 g/mol. The molecule has 0 saturated heterocycles. The van der Waals surface area contributed by atoms with E-state index in [4.69, 9.17) is 5.73 Å². The van der Waals surface area contributed by atoms with Crippen molar-refractivity contribution in [3.63, 3.8) is 0 Å². The van der Waals surface area contributed by atoms with Gasteiger partial charge in [0.05, 0.1) is 15.7 Å². The van der Waals surface area contributed by atoms with E-state index in [-0.39, 0.29) is 18.3 Å². The van der Waals surface area contributed by atoms with Gasteiger partial charge in [0.15, 0.2) is 0 Å². The normalized spacial score (nSPS) is 10.6. The zero-order valence-electron chi connectivity index (χ0n) is 12.9. The SMILES string of the molecule is Cc1nc(CC(C)C)c(NC(=O)c2csc(CCN)n2)s1.Cl. The number of amides is 1. The van der Waals surface area contributed by atoms with Crippen LogP contribution in [0.25, 0.3) is 0 Å². The summed E-state index contributed by atoms with van der Waals surface area (Å²) in [4.78, 5) is 21.1. The second-order valence-electron chi connectivity index (χ2n) is 5.23. The van der Waals surface area contributed by atoms with Crippen LogP contribution in [0, 0.1) is 12.8 Å². The lowest BCUT2D eigenvalue weighted by Gasteiger charge is -2.05. The fourth-order valence-electron chi connectivity index (χ4n) is 1.91. The maximum absolute atomic E-state index is 12.3. The lowest BCUT2D eigenvalue weighted by molar-refractivity contribution is 0.102. The highest BCUT2D eigenvalue weighted by Gasteiger charge is 2.16. The van der Waals surface area contributed by atoms with Crippen LogP contribution in [0.3, 0.4) is 0 Å². The van der Waals surface area contributed by atoms with Gasteiger partial charge in [-0.2, -0.15) is 0 Å². The molecule has 2 aromatic rings. The van der Waals surface area contributed by atoms with Crippen molar-refractivity contribution in [1.82, 2.24) is 9.97 Å². The zero-order valence-corrected chi connectivity index (χ0v) is 15.3. The Morgan fingerprint density at radius 1 is 1.41 bits per heavy atom. The number of thiazole rings is 2. The van der Waals surface area contributed by atoms with Gasteiger partial charge < -0.3 is 11.1 Å². The number of nitrogens with two attached hydrogens (primary N) is 1. The van der Waals surface area contributed by atoms with Gasteiger partial charge in [-0.15, -0.1) is 35.1 Å². The molecule has 0 aliphatic rings. The number of carbonyl (C=O) groups is 1. The minimum Gasteiger partial charge on any atom is -0.330 e. The topological polar surface area (TPSA) is 80.9 Å². The van der Waals surface area contributed by atoms with Gasteiger partial charge in [0.2, 0.25) is 0 Å². The van der Waals surface area contributed by atoms with Crippen LogP contribution in [-0.2, 0) is 12.8 Å². The summed E-state index contributed by atoms with van der Waals surface area (Å²) in [6, 6.07) is 0. The summed E-state index contributed by atoms with van der Waals surface area (Å²) in [6.45, 7) is 6.77. The van der Waals surface area contributed by atoms with E-state index in [1.807, 2.05) is 6.92 Å². The molecule has 0 aromatic carbocycles. The largest absolute Gasteiger partial charge is 0.330 e. The van der Waals surface area contributed by atoms with Crippen LogP contribution in [0.2, 0.25) is 0 Å². The van der Waals surface area contributed by atoms with Crippen LogP contribution in [0.15, 0.2) is 5.38 Å². The minimum atomic E-state index is -0.178. The van der Waals surface area contributed by atoms with Gasteiger partial charge in [0.25, 0.3) is 5.91 Å². The Balaban J connectivity index is 0.00000242. The second-order valence-corrected chi connectivity index (χ2v) is 7.37. The number of carbonyl (C=O) groups excluding carboxylic acids is 1. The molecule has 0 saturated carbocycles. The highest BCUT2D eigenvalue weighted by Crippen LogP contribution is 2.27. The first-order valence-corrected chi connectivity index (χ1v) is 8.61. The second kappa shape index (κ2) is 8.57. The smallest absolute Gasteiger partial charge is 0.275 e. The summed E-state index contributed by atoms with van der Waals surface area (Å²) in [7, 11) is 0. The van der Waals surface area contributed by atoms with Gasteiger partial charge in [-0.1, -0.05) is 13.8 Å². The molecule has 0 spiro atoms. The molecule has 22 heavy (non-hydrogen) atoms. The van der Waals surface area contributed by atoms with E-state index < -0.39 is 0 Å². The molecule has 5 nitrogen and oxygen atoms in total. The van der Waals surface area contributed by atoms with Crippen molar-refractivity contribution in [2.24, 2.45) is 11.7 Å². The number of aryl methyl sites for hydroxylation is 1. The van der Waals surface area contributed by atoms with E-state index in [0.717, 1.165) is 27.1 Å². The fourth-order valence-corrected chi connectivity index (χ4v) is 3.55. The van der Waals surface area contributed by atoms with Crippen LogP contribution >= 0.6 is 35.1 Å². The molecule has 0 aliphatic carbocycles. The molecule has 0 aliphatic heterocycles. The van der Waals surface area contributed by atoms with E-state index >= 15 is 0 Å². The average Bonchev–Trinajstić information content (AvgIpc) is 2.97. The molecule has 0 unspecified atom stereocenters. The van der Waals surface area contributed by atoms with E-state index in [2.05, 4.69) is 29.1 Å². The predicted octanol–water partition coefficient (Wildman–Crippen LogP) is 3.28. The predicted molar refractivity (Wildman–Crippen MR) is 95.5 cm³/mol. The molecular formula is C14H21ClN4OS2. The third kappa shape index (κ3) is 5.01. The molecule has 2 heterocycles. The number of hydrogen-bond acceptors (Lipinski definition) is 6. The van der Waals surface area contributed by atoms with Crippen molar-refractivity contribution in [2.75, 3.05) is 11.9 Å². The highest BCUT2D eigenvalue weighted by molar-refractivity contribution is 7.16. The first kappa shape index (κ1) is 19.0. The van der Waals surface area contributed by atoms with Crippen LogP contribution < -0.4 is 11.1 Å². The summed E-state index contributed by atoms with van der Waals surface area (Å²) in [5.74, 6) is 0.320. The highest BCUT2D eigenvalue weighted by atomic mass is 35.5. The van der Waals surface area contributed by atoms with E-state index in [1.165, 1.54) is 22.7 Å². The van der Waals surface area contributed by atoms with Crippen LogP contribution in [0.1, 0.15) is 40.0 Å². The van der Waals surface area contributed by atoms with Crippen molar-refractivity contribution >= 4 is 46.0 Å². The van der Waals surface area contributed by atoms with Crippen molar-refractivity contribution in [3.05, 3.63) is 26.8 Å². The monoisotopic (exact) mass is 360 g/mol. The Morgan fingerprint density at radius 2 is 2.14 bits per heavy atom. The molecule has 0 radical (unpaired) electrons. The Bertz CT molecular complexity index is 624.